The molecule has 9 heteroatoms. The molecule has 36 heavy (non-hydrogen) atoms. The summed E-state index contributed by atoms with van der Waals surface area (Å²) in [5.41, 5.74) is 1.21. The van der Waals surface area contributed by atoms with E-state index in [0.717, 1.165) is 10.6 Å². The van der Waals surface area contributed by atoms with Crippen molar-refractivity contribution in [1.82, 2.24) is 10.0 Å². The molecule has 3 aromatic carbocycles. The zero-order valence-electron chi connectivity index (χ0n) is 20.1. The molecule has 1 heterocycles. The van der Waals surface area contributed by atoms with Gasteiger partial charge in [0.1, 0.15) is 23.7 Å². The van der Waals surface area contributed by atoms with Crippen LogP contribution >= 0.6 is 11.6 Å². The van der Waals surface area contributed by atoms with E-state index < -0.39 is 30.3 Å². The molecule has 0 unspecified atom stereocenters. The van der Waals surface area contributed by atoms with Crippen LogP contribution in [0, 0.1) is 0 Å². The summed E-state index contributed by atoms with van der Waals surface area (Å²) >= 11 is 5.99. The summed E-state index contributed by atoms with van der Waals surface area (Å²) in [6.45, 7) is 1.85. The highest BCUT2D eigenvalue weighted by Gasteiger charge is 2.46. The number of hydrogen-bond acceptors (Lipinski definition) is 7. The molecule has 1 aliphatic rings. The number of aliphatic hydroxyl groups excluding tert-OH is 1. The molecule has 1 saturated heterocycles. The molecule has 0 saturated carbocycles. The molecule has 0 aromatic heterocycles. The lowest BCUT2D eigenvalue weighted by Gasteiger charge is -2.43. The normalized spacial score (nSPS) is 19.8. The highest BCUT2D eigenvalue weighted by molar-refractivity contribution is 6.30. The first kappa shape index (κ1) is 25.5. The Morgan fingerprint density at radius 2 is 1.61 bits per heavy atom. The molecule has 8 nitrogen and oxygen atoms in total. The van der Waals surface area contributed by atoms with Crippen molar-refractivity contribution in [3.8, 4) is 11.5 Å². The summed E-state index contributed by atoms with van der Waals surface area (Å²) in [4.78, 5) is 26.9. The standard InChI is InChI=1S/C27H27ClN2O6/c1-17-24(19-7-5-4-6-8-19)36-27(33)30(29(17)2)26(32)25(23(31)18-9-11-20(28)12-10-18)35-22-15-13-21(34-3)14-16-22/h4-17,23-25,31H,1-3H3/t17-,23+,24-,25-/m0/s1. The second-order valence-corrected chi connectivity index (χ2v) is 8.83. The van der Waals surface area contributed by atoms with Crippen LogP contribution in [0.2, 0.25) is 5.02 Å². The van der Waals surface area contributed by atoms with Crippen molar-refractivity contribution in [1.29, 1.82) is 0 Å². The van der Waals surface area contributed by atoms with Crippen LogP contribution in [0.15, 0.2) is 78.9 Å². The SMILES string of the molecule is COc1ccc(O[C@H](C(=O)N2C(=O)O[C@H](c3ccccc3)[C@H](C)N2C)[C@H](O)c2ccc(Cl)cc2)cc1. The second kappa shape index (κ2) is 11.0. The molecule has 4 rings (SSSR count). The molecule has 1 fully saturated rings. The average molecular weight is 511 g/mol. The van der Waals surface area contributed by atoms with Crippen LogP contribution in [0.1, 0.15) is 30.3 Å². The maximum absolute atomic E-state index is 13.8. The van der Waals surface area contributed by atoms with Crippen molar-refractivity contribution in [3.63, 3.8) is 0 Å². The third kappa shape index (κ3) is 5.31. The van der Waals surface area contributed by atoms with Gasteiger partial charge in [0.15, 0.2) is 0 Å². The maximum Gasteiger partial charge on any atom is 0.432 e. The van der Waals surface area contributed by atoms with Gasteiger partial charge in [0.25, 0.3) is 5.91 Å². The van der Waals surface area contributed by atoms with Gasteiger partial charge in [-0.1, -0.05) is 54.1 Å². The van der Waals surface area contributed by atoms with Crippen molar-refractivity contribution in [3.05, 3.63) is 95.0 Å². The number of carbonyl (C=O) groups excluding carboxylic acids is 2. The van der Waals surface area contributed by atoms with E-state index in [1.165, 1.54) is 12.1 Å². The Morgan fingerprint density at radius 1 is 1.00 bits per heavy atom. The molecule has 1 aliphatic heterocycles. The van der Waals surface area contributed by atoms with E-state index in [-0.39, 0.29) is 6.04 Å². The van der Waals surface area contributed by atoms with Gasteiger partial charge in [-0.05, 0) is 54.4 Å². The minimum Gasteiger partial charge on any atom is -0.497 e. The molecule has 2 amide bonds. The first-order valence-corrected chi connectivity index (χ1v) is 11.7. The van der Waals surface area contributed by atoms with Crippen molar-refractivity contribution in [2.75, 3.05) is 14.2 Å². The predicted octanol–water partition coefficient (Wildman–Crippen LogP) is 4.79. The number of halogens is 1. The summed E-state index contributed by atoms with van der Waals surface area (Å²) in [5, 5.41) is 14.0. The number of methoxy groups -OCH3 is 1. The van der Waals surface area contributed by atoms with E-state index in [1.807, 2.05) is 37.3 Å². The topological polar surface area (TPSA) is 88.5 Å². The number of likely N-dealkylation sites (N-methyl/N-ethyl adjacent to an activating group) is 1. The molecular formula is C27H27ClN2O6. The lowest BCUT2D eigenvalue weighted by Crippen LogP contribution is -2.61. The molecule has 188 valence electrons. The molecule has 0 bridgehead atoms. The Kier molecular flexibility index (Phi) is 7.79. The monoisotopic (exact) mass is 510 g/mol. The molecule has 0 radical (unpaired) electrons. The molecule has 3 aromatic rings. The number of carbonyl (C=O) groups is 2. The Bertz CT molecular complexity index is 1190. The fourth-order valence-electron chi connectivity index (χ4n) is 4.00. The summed E-state index contributed by atoms with van der Waals surface area (Å²) in [6, 6.07) is 21.9. The quantitative estimate of drug-likeness (QED) is 0.489. The van der Waals surface area contributed by atoms with Gasteiger partial charge < -0.3 is 19.3 Å². The number of hydrogen-bond donors (Lipinski definition) is 1. The third-order valence-corrected chi connectivity index (χ3v) is 6.40. The highest BCUT2D eigenvalue weighted by Crippen LogP contribution is 2.33. The fourth-order valence-corrected chi connectivity index (χ4v) is 4.13. The molecule has 4 atom stereocenters. The lowest BCUT2D eigenvalue weighted by molar-refractivity contribution is -0.174. The Labute approximate surface area is 214 Å². The number of rotatable bonds is 7. The Hall–Kier alpha value is -3.59. The van der Waals surface area contributed by atoms with Gasteiger partial charge >= 0.3 is 6.09 Å². The van der Waals surface area contributed by atoms with E-state index in [4.69, 9.17) is 25.8 Å². The first-order valence-electron chi connectivity index (χ1n) is 11.4. The number of amides is 2. The Balaban J connectivity index is 1.64. The van der Waals surface area contributed by atoms with Gasteiger partial charge in [-0.15, -0.1) is 0 Å². The van der Waals surface area contributed by atoms with Crippen LogP contribution in [-0.2, 0) is 9.53 Å². The molecular weight excluding hydrogens is 484 g/mol. The van der Waals surface area contributed by atoms with E-state index in [2.05, 4.69) is 0 Å². The lowest BCUT2D eigenvalue weighted by atomic mass is 10.0. The van der Waals surface area contributed by atoms with Crippen LogP contribution < -0.4 is 9.47 Å². The number of nitrogens with zero attached hydrogens (tertiary/aromatic N) is 2. The van der Waals surface area contributed by atoms with Crippen molar-refractivity contribution >= 4 is 23.6 Å². The van der Waals surface area contributed by atoms with E-state index >= 15 is 0 Å². The number of imide groups is 1. The van der Waals surface area contributed by atoms with E-state index in [0.29, 0.717) is 22.1 Å². The summed E-state index contributed by atoms with van der Waals surface area (Å²) < 4.78 is 16.8. The summed E-state index contributed by atoms with van der Waals surface area (Å²) in [5.74, 6) is 0.133. The Morgan fingerprint density at radius 3 is 2.22 bits per heavy atom. The average Bonchev–Trinajstić information content (AvgIpc) is 2.90. The van der Waals surface area contributed by atoms with Crippen LogP contribution in [0.4, 0.5) is 4.79 Å². The third-order valence-electron chi connectivity index (χ3n) is 6.14. The van der Waals surface area contributed by atoms with E-state index in [9.17, 15) is 14.7 Å². The fraction of sp³-hybridized carbons (Fsp3) is 0.259. The van der Waals surface area contributed by atoms with Crippen molar-refractivity contribution < 1.29 is 28.9 Å². The smallest absolute Gasteiger partial charge is 0.432 e. The van der Waals surface area contributed by atoms with Crippen LogP contribution in [0.25, 0.3) is 0 Å². The van der Waals surface area contributed by atoms with Crippen molar-refractivity contribution in [2.24, 2.45) is 0 Å². The molecule has 0 aliphatic carbocycles. The minimum atomic E-state index is -1.46. The first-order chi connectivity index (χ1) is 17.3. The molecule has 0 spiro atoms. The predicted molar refractivity (Wildman–Crippen MR) is 134 cm³/mol. The zero-order valence-corrected chi connectivity index (χ0v) is 20.8. The van der Waals surface area contributed by atoms with Crippen molar-refractivity contribution in [2.45, 2.75) is 31.3 Å². The van der Waals surface area contributed by atoms with Crippen LogP contribution in [0.5, 0.6) is 11.5 Å². The number of cyclic esters (lactones) is 1. The molecule has 1 N–H and O–H groups in total. The number of ether oxygens (including phenoxy) is 3. The van der Waals surface area contributed by atoms with Crippen LogP contribution in [0.3, 0.4) is 0 Å². The van der Waals surface area contributed by atoms with Gasteiger partial charge in [0, 0.05) is 12.1 Å². The second-order valence-electron chi connectivity index (χ2n) is 8.39. The van der Waals surface area contributed by atoms with Gasteiger partial charge in [-0.3, -0.25) is 4.79 Å². The highest BCUT2D eigenvalue weighted by atomic mass is 35.5. The minimum absolute atomic E-state index is 0.311. The number of aliphatic hydroxyl groups is 1. The van der Waals surface area contributed by atoms with Gasteiger partial charge in [0.2, 0.25) is 6.10 Å². The maximum atomic E-state index is 13.8. The zero-order chi connectivity index (χ0) is 25.8. The van der Waals surface area contributed by atoms with Gasteiger partial charge in [-0.2, -0.15) is 5.01 Å². The number of benzene rings is 3. The summed E-state index contributed by atoms with van der Waals surface area (Å²) in [7, 11) is 3.16. The van der Waals surface area contributed by atoms with Gasteiger partial charge in [0.05, 0.1) is 13.2 Å². The van der Waals surface area contributed by atoms with Crippen LogP contribution in [-0.4, -0.2) is 53.4 Å². The largest absolute Gasteiger partial charge is 0.497 e. The summed E-state index contributed by atoms with van der Waals surface area (Å²) in [6.07, 6.45) is -4.30. The van der Waals surface area contributed by atoms with Gasteiger partial charge in [-0.25, -0.2) is 9.80 Å². The number of hydrazine groups is 1. The van der Waals surface area contributed by atoms with E-state index in [1.54, 1.807) is 55.6 Å².